The maximum Gasteiger partial charge on any atom is 0.258 e. The number of hydrogen-bond acceptors (Lipinski definition) is 3. The Kier molecular flexibility index (Phi) is 4.36. The summed E-state index contributed by atoms with van der Waals surface area (Å²) in [5, 5.41) is 4.03. The first-order valence-corrected chi connectivity index (χ1v) is 8.14. The lowest BCUT2D eigenvalue weighted by Gasteiger charge is -2.12. The summed E-state index contributed by atoms with van der Waals surface area (Å²) in [6.07, 6.45) is 5.42. The molecule has 118 valence electrons. The molecule has 0 aliphatic heterocycles. The van der Waals surface area contributed by atoms with Crippen LogP contribution in [0.1, 0.15) is 44.4 Å². The standard InChI is InChI=1S/C18H23NO3/c1-3-12(2)19-18(20)11-21-13-8-9-17-15(10-13)14-6-4-5-7-16(14)22-17/h8-10,12H,3-7,11H2,1-2H3,(H,19,20)/t12-/m0/s1. The van der Waals surface area contributed by atoms with E-state index < -0.39 is 0 Å². The number of aryl methyl sites for hydroxylation is 2. The molecule has 0 bridgehead atoms. The molecule has 0 unspecified atom stereocenters. The molecule has 4 heteroatoms. The molecule has 0 saturated carbocycles. The minimum absolute atomic E-state index is 0.0515. The molecule has 2 aromatic rings. The van der Waals surface area contributed by atoms with Crippen LogP contribution in [0.4, 0.5) is 0 Å². The van der Waals surface area contributed by atoms with Gasteiger partial charge in [-0.15, -0.1) is 0 Å². The quantitative estimate of drug-likeness (QED) is 0.918. The number of carbonyl (C=O) groups excluding carboxylic acids is 1. The highest BCUT2D eigenvalue weighted by Gasteiger charge is 2.18. The van der Waals surface area contributed by atoms with Gasteiger partial charge >= 0.3 is 0 Å². The van der Waals surface area contributed by atoms with Crippen LogP contribution in [-0.4, -0.2) is 18.6 Å². The van der Waals surface area contributed by atoms with Gasteiger partial charge < -0.3 is 14.5 Å². The van der Waals surface area contributed by atoms with E-state index in [-0.39, 0.29) is 18.6 Å². The van der Waals surface area contributed by atoms with Crippen molar-refractivity contribution in [1.29, 1.82) is 0 Å². The van der Waals surface area contributed by atoms with Gasteiger partial charge in [-0.05, 0) is 50.8 Å². The number of rotatable bonds is 5. The molecule has 22 heavy (non-hydrogen) atoms. The predicted molar refractivity (Wildman–Crippen MR) is 86.2 cm³/mol. The van der Waals surface area contributed by atoms with Crippen LogP contribution in [0.3, 0.4) is 0 Å². The number of carbonyl (C=O) groups is 1. The molecule has 0 radical (unpaired) electrons. The number of hydrogen-bond donors (Lipinski definition) is 1. The maximum absolute atomic E-state index is 11.8. The zero-order valence-corrected chi connectivity index (χ0v) is 13.3. The molecule has 1 atom stereocenters. The summed E-state index contributed by atoms with van der Waals surface area (Å²) < 4.78 is 11.5. The molecule has 4 nitrogen and oxygen atoms in total. The summed E-state index contributed by atoms with van der Waals surface area (Å²) in [6.45, 7) is 4.08. The van der Waals surface area contributed by atoms with E-state index in [0.717, 1.165) is 41.7 Å². The monoisotopic (exact) mass is 301 g/mol. The second-order valence-corrected chi connectivity index (χ2v) is 6.03. The minimum atomic E-state index is -0.0799. The molecule has 1 aliphatic rings. The molecule has 1 amide bonds. The first kappa shape index (κ1) is 14.9. The van der Waals surface area contributed by atoms with Crippen LogP contribution in [0.15, 0.2) is 22.6 Å². The van der Waals surface area contributed by atoms with Gasteiger partial charge in [0.05, 0.1) is 0 Å². The number of ether oxygens (including phenoxy) is 1. The van der Waals surface area contributed by atoms with Crippen molar-refractivity contribution in [2.24, 2.45) is 0 Å². The largest absolute Gasteiger partial charge is 0.484 e. The van der Waals surface area contributed by atoms with E-state index in [1.807, 2.05) is 32.0 Å². The van der Waals surface area contributed by atoms with Gasteiger partial charge in [-0.1, -0.05) is 6.92 Å². The summed E-state index contributed by atoms with van der Waals surface area (Å²) in [6, 6.07) is 5.99. The van der Waals surface area contributed by atoms with Crippen LogP contribution in [-0.2, 0) is 17.6 Å². The van der Waals surface area contributed by atoms with Gasteiger partial charge in [-0.3, -0.25) is 4.79 Å². The molecule has 0 saturated heterocycles. The second kappa shape index (κ2) is 6.42. The third-order valence-electron chi connectivity index (χ3n) is 4.32. The number of benzene rings is 1. The fourth-order valence-electron chi connectivity index (χ4n) is 2.90. The average Bonchev–Trinajstić information content (AvgIpc) is 2.90. The molecule has 1 heterocycles. The molecule has 1 aliphatic carbocycles. The fraction of sp³-hybridized carbons (Fsp3) is 0.500. The second-order valence-electron chi connectivity index (χ2n) is 6.03. The van der Waals surface area contributed by atoms with Crippen molar-refractivity contribution in [2.45, 2.75) is 52.0 Å². The molecule has 1 aromatic carbocycles. The molecule has 3 rings (SSSR count). The molecule has 1 N–H and O–H groups in total. The first-order chi connectivity index (χ1) is 10.7. The van der Waals surface area contributed by atoms with Crippen LogP contribution in [0.5, 0.6) is 5.75 Å². The Morgan fingerprint density at radius 3 is 3.00 bits per heavy atom. The average molecular weight is 301 g/mol. The lowest BCUT2D eigenvalue weighted by Crippen LogP contribution is -2.35. The summed E-state index contributed by atoms with van der Waals surface area (Å²) in [4.78, 5) is 11.8. The summed E-state index contributed by atoms with van der Waals surface area (Å²) in [7, 11) is 0. The van der Waals surface area contributed by atoms with Crippen LogP contribution in [0.25, 0.3) is 11.0 Å². The number of nitrogens with one attached hydrogen (secondary N) is 1. The number of amides is 1. The normalized spacial score (nSPS) is 15.4. The third-order valence-corrected chi connectivity index (χ3v) is 4.32. The van der Waals surface area contributed by atoms with Gasteiger partial charge in [0, 0.05) is 23.4 Å². The lowest BCUT2D eigenvalue weighted by atomic mass is 9.96. The Hall–Kier alpha value is -1.97. The Bertz CT molecular complexity index is 674. The van der Waals surface area contributed by atoms with Crippen molar-refractivity contribution in [3.63, 3.8) is 0 Å². The van der Waals surface area contributed by atoms with E-state index in [2.05, 4.69) is 5.32 Å². The molecular formula is C18H23NO3. The topological polar surface area (TPSA) is 51.5 Å². The van der Waals surface area contributed by atoms with Crippen molar-refractivity contribution >= 4 is 16.9 Å². The zero-order chi connectivity index (χ0) is 15.5. The Morgan fingerprint density at radius 2 is 2.18 bits per heavy atom. The molecule has 0 fully saturated rings. The lowest BCUT2D eigenvalue weighted by molar-refractivity contribution is -0.123. The Balaban J connectivity index is 1.71. The number of fused-ring (bicyclic) bond motifs is 3. The number of furan rings is 1. The third kappa shape index (κ3) is 3.11. The van der Waals surface area contributed by atoms with Crippen molar-refractivity contribution in [3.05, 3.63) is 29.5 Å². The maximum atomic E-state index is 11.8. The summed E-state index contributed by atoms with van der Waals surface area (Å²) in [5.41, 5.74) is 2.24. The summed E-state index contributed by atoms with van der Waals surface area (Å²) >= 11 is 0. The van der Waals surface area contributed by atoms with Gasteiger partial charge in [-0.2, -0.15) is 0 Å². The van der Waals surface area contributed by atoms with E-state index in [4.69, 9.17) is 9.15 Å². The fourth-order valence-corrected chi connectivity index (χ4v) is 2.90. The molecular weight excluding hydrogens is 278 g/mol. The van der Waals surface area contributed by atoms with Crippen molar-refractivity contribution < 1.29 is 13.9 Å². The van der Waals surface area contributed by atoms with Crippen LogP contribution < -0.4 is 10.1 Å². The van der Waals surface area contributed by atoms with Crippen LogP contribution >= 0.6 is 0 Å². The van der Waals surface area contributed by atoms with E-state index in [1.54, 1.807) is 0 Å². The highest BCUT2D eigenvalue weighted by atomic mass is 16.5. The highest BCUT2D eigenvalue weighted by molar-refractivity contribution is 5.84. The van der Waals surface area contributed by atoms with Crippen LogP contribution in [0, 0.1) is 0 Å². The van der Waals surface area contributed by atoms with E-state index in [9.17, 15) is 4.79 Å². The van der Waals surface area contributed by atoms with E-state index in [0.29, 0.717) is 0 Å². The smallest absolute Gasteiger partial charge is 0.258 e. The van der Waals surface area contributed by atoms with Crippen molar-refractivity contribution in [3.8, 4) is 5.75 Å². The van der Waals surface area contributed by atoms with Gasteiger partial charge in [0.1, 0.15) is 17.1 Å². The van der Waals surface area contributed by atoms with Gasteiger partial charge in [0.25, 0.3) is 5.91 Å². The van der Waals surface area contributed by atoms with Gasteiger partial charge in [-0.25, -0.2) is 0 Å². The zero-order valence-electron chi connectivity index (χ0n) is 13.3. The van der Waals surface area contributed by atoms with E-state index >= 15 is 0 Å². The van der Waals surface area contributed by atoms with Crippen molar-refractivity contribution in [1.82, 2.24) is 5.32 Å². The molecule has 0 spiro atoms. The molecule has 1 aromatic heterocycles. The van der Waals surface area contributed by atoms with Crippen molar-refractivity contribution in [2.75, 3.05) is 6.61 Å². The Labute approximate surface area is 130 Å². The highest BCUT2D eigenvalue weighted by Crippen LogP contribution is 2.33. The van der Waals surface area contributed by atoms with Crippen LogP contribution in [0.2, 0.25) is 0 Å². The Morgan fingerprint density at radius 1 is 1.36 bits per heavy atom. The van der Waals surface area contributed by atoms with Gasteiger partial charge in [0.2, 0.25) is 0 Å². The predicted octanol–water partition coefficient (Wildman–Crippen LogP) is 3.61. The first-order valence-electron chi connectivity index (χ1n) is 8.14. The minimum Gasteiger partial charge on any atom is -0.484 e. The summed E-state index contributed by atoms with van der Waals surface area (Å²) in [5.74, 6) is 1.76. The van der Waals surface area contributed by atoms with Gasteiger partial charge in [0.15, 0.2) is 6.61 Å². The van der Waals surface area contributed by atoms with E-state index in [1.165, 1.54) is 18.4 Å². The SMILES string of the molecule is CC[C@H](C)NC(=O)COc1ccc2oc3c(c2c1)CCCC3.